The fourth-order valence-electron chi connectivity index (χ4n) is 4.39. The summed E-state index contributed by atoms with van der Waals surface area (Å²) in [5.41, 5.74) is 4.55. The summed E-state index contributed by atoms with van der Waals surface area (Å²) in [5, 5.41) is 8.47. The van der Waals surface area contributed by atoms with Crippen LogP contribution in [-0.4, -0.2) is 90.7 Å². The molecule has 0 aromatic rings. The van der Waals surface area contributed by atoms with Crippen LogP contribution < -0.4 is 21.7 Å². The van der Waals surface area contributed by atoms with E-state index in [0.717, 1.165) is 6.42 Å². The summed E-state index contributed by atoms with van der Waals surface area (Å²) in [6.07, 6.45) is 2.73. The molecule has 1 aliphatic rings. The molecule has 0 radical (unpaired) electrons. The van der Waals surface area contributed by atoms with Crippen LogP contribution in [0.3, 0.4) is 0 Å². The molecule has 11 heteroatoms. The Hall–Kier alpha value is -2.69. The predicted octanol–water partition coefficient (Wildman–Crippen LogP) is 1.01. The number of nitrogens with one attached hydrogen (secondary N) is 3. The molecule has 11 nitrogen and oxygen atoms in total. The molecule has 1 saturated heterocycles. The number of nitrogens with two attached hydrogens (primary N) is 1. The zero-order chi connectivity index (χ0) is 28.5. The summed E-state index contributed by atoms with van der Waals surface area (Å²) < 4.78 is 0. The fraction of sp³-hybridized carbons (Fsp3) is 0.808. The van der Waals surface area contributed by atoms with E-state index in [1.807, 2.05) is 60.5 Å². The van der Waals surface area contributed by atoms with Gasteiger partial charge >= 0.3 is 6.03 Å². The van der Waals surface area contributed by atoms with Crippen molar-refractivity contribution < 1.29 is 24.0 Å². The fourth-order valence-corrected chi connectivity index (χ4v) is 4.39. The lowest BCUT2D eigenvalue weighted by Crippen LogP contribution is -2.61. The molecule has 1 heterocycles. The number of primary amides is 1. The molecular weight excluding hydrogens is 476 g/mol. The summed E-state index contributed by atoms with van der Waals surface area (Å²) >= 11 is 0. The average Bonchev–Trinajstić information content (AvgIpc) is 3.27. The molecule has 0 spiro atoms. The van der Waals surface area contributed by atoms with Crippen LogP contribution in [0.25, 0.3) is 0 Å². The Morgan fingerprint density at radius 3 is 2.16 bits per heavy atom. The Labute approximate surface area is 221 Å². The van der Waals surface area contributed by atoms with Crippen molar-refractivity contribution >= 4 is 29.5 Å². The number of urea groups is 1. The number of nitrogens with zero attached hydrogens (tertiary/aromatic N) is 2. The second-order valence-electron chi connectivity index (χ2n) is 11.7. The Morgan fingerprint density at radius 1 is 1.05 bits per heavy atom. The van der Waals surface area contributed by atoms with Gasteiger partial charge in [-0.3, -0.25) is 19.2 Å². The number of hydrogen-bond donors (Lipinski definition) is 4. The summed E-state index contributed by atoms with van der Waals surface area (Å²) in [5.74, 6) is -2.61. The molecule has 0 aromatic carbocycles. The van der Waals surface area contributed by atoms with Crippen LogP contribution in [0.5, 0.6) is 0 Å². The molecule has 37 heavy (non-hydrogen) atoms. The van der Waals surface area contributed by atoms with Gasteiger partial charge in [-0.1, -0.05) is 54.4 Å². The van der Waals surface area contributed by atoms with Crippen LogP contribution in [0.15, 0.2) is 0 Å². The summed E-state index contributed by atoms with van der Waals surface area (Å²) in [4.78, 5) is 67.0. The van der Waals surface area contributed by atoms with Gasteiger partial charge in [0.1, 0.15) is 12.1 Å². The van der Waals surface area contributed by atoms with Crippen LogP contribution in [0, 0.1) is 11.3 Å². The number of likely N-dealkylation sites (N-methyl/N-ethyl adjacent to an activating group) is 1. The van der Waals surface area contributed by atoms with Gasteiger partial charge in [-0.05, 0) is 44.7 Å². The molecule has 1 aliphatic heterocycles. The standard InChI is InChI=1S/C26H48N6O5/c1-9-10-12-17(20(33)22(27)34)28-23(35)19-13-11-14-32(19)24(36)21(26(4,5)6)30-25(37)29-18(16(2)3)15-31(7)8/h16-19,21H,9-15H2,1-8H3,(H2,27,34)(H,28,35)(H2,29,30,37). The third-order valence-corrected chi connectivity index (χ3v) is 6.63. The number of likely N-dealkylation sites (tertiary alicyclic amines) is 1. The van der Waals surface area contributed by atoms with Crippen molar-refractivity contribution in [3.63, 3.8) is 0 Å². The van der Waals surface area contributed by atoms with Gasteiger partial charge in [0.05, 0.1) is 6.04 Å². The first-order valence-electron chi connectivity index (χ1n) is 13.3. The molecule has 5 amide bonds. The van der Waals surface area contributed by atoms with Gasteiger partial charge in [0.2, 0.25) is 17.6 Å². The largest absolute Gasteiger partial charge is 0.363 e. The van der Waals surface area contributed by atoms with Crippen molar-refractivity contribution in [1.29, 1.82) is 0 Å². The quantitative estimate of drug-likeness (QED) is 0.264. The van der Waals surface area contributed by atoms with E-state index in [-0.39, 0.29) is 17.9 Å². The molecular formula is C26H48N6O5. The second-order valence-corrected chi connectivity index (χ2v) is 11.7. The van der Waals surface area contributed by atoms with Crippen LogP contribution >= 0.6 is 0 Å². The van der Waals surface area contributed by atoms with E-state index in [1.165, 1.54) is 4.90 Å². The smallest absolute Gasteiger partial charge is 0.315 e. The molecule has 0 aliphatic carbocycles. The van der Waals surface area contributed by atoms with Crippen molar-refractivity contribution in [3.05, 3.63) is 0 Å². The third-order valence-electron chi connectivity index (χ3n) is 6.63. The van der Waals surface area contributed by atoms with E-state index in [2.05, 4.69) is 16.0 Å². The number of rotatable bonds is 13. The van der Waals surface area contributed by atoms with E-state index < -0.39 is 47.2 Å². The van der Waals surface area contributed by atoms with Gasteiger partial charge in [0.25, 0.3) is 5.91 Å². The monoisotopic (exact) mass is 524 g/mol. The number of carbonyl (C=O) groups excluding carboxylic acids is 5. The number of amides is 5. The normalized spacial score (nSPS) is 18.3. The number of carbonyl (C=O) groups is 5. The molecule has 0 aromatic heterocycles. The van der Waals surface area contributed by atoms with Gasteiger partial charge in [0.15, 0.2) is 0 Å². The Kier molecular flexibility index (Phi) is 12.5. The molecule has 4 unspecified atom stereocenters. The van der Waals surface area contributed by atoms with Crippen molar-refractivity contribution in [2.45, 2.75) is 97.8 Å². The van der Waals surface area contributed by atoms with Crippen LogP contribution in [0.2, 0.25) is 0 Å². The van der Waals surface area contributed by atoms with E-state index >= 15 is 0 Å². The minimum absolute atomic E-state index is 0.112. The van der Waals surface area contributed by atoms with Crippen LogP contribution in [0.4, 0.5) is 4.79 Å². The van der Waals surface area contributed by atoms with E-state index in [9.17, 15) is 24.0 Å². The van der Waals surface area contributed by atoms with Gasteiger partial charge < -0.3 is 31.5 Å². The topological polar surface area (TPSA) is 154 Å². The van der Waals surface area contributed by atoms with Gasteiger partial charge in [0, 0.05) is 19.1 Å². The lowest BCUT2D eigenvalue weighted by Gasteiger charge is -2.36. The predicted molar refractivity (Wildman–Crippen MR) is 142 cm³/mol. The van der Waals surface area contributed by atoms with E-state index in [0.29, 0.717) is 38.8 Å². The van der Waals surface area contributed by atoms with Crippen molar-refractivity contribution in [1.82, 2.24) is 25.8 Å². The zero-order valence-electron chi connectivity index (χ0n) is 23.8. The number of hydrogen-bond acceptors (Lipinski definition) is 6. The first-order valence-corrected chi connectivity index (χ1v) is 13.3. The zero-order valence-corrected chi connectivity index (χ0v) is 23.8. The number of Topliss-reactive ketones (excluding diaryl/α,β-unsaturated/α-hetero) is 1. The summed E-state index contributed by atoms with van der Waals surface area (Å²) in [6, 6.07) is -3.26. The van der Waals surface area contributed by atoms with Crippen molar-refractivity contribution in [2.24, 2.45) is 17.1 Å². The highest BCUT2D eigenvalue weighted by molar-refractivity contribution is 6.37. The molecule has 0 bridgehead atoms. The number of unbranched alkanes of at least 4 members (excludes halogenated alkanes) is 1. The third kappa shape index (κ3) is 9.94. The molecule has 0 saturated carbocycles. The first kappa shape index (κ1) is 32.3. The Morgan fingerprint density at radius 2 is 1.68 bits per heavy atom. The minimum atomic E-state index is -1.10. The lowest BCUT2D eigenvalue weighted by molar-refractivity contribution is -0.143. The minimum Gasteiger partial charge on any atom is -0.363 e. The van der Waals surface area contributed by atoms with Crippen molar-refractivity contribution in [3.8, 4) is 0 Å². The molecule has 4 atom stereocenters. The Bertz CT molecular complexity index is 823. The van der Waals surface area contributed by atoms with Crippen molar-refractivity contribution in [2.75, 3.05) is 27.2 Å². The molecule has 1 fully saturated rings. The van der Waals surface area contributed by atoms with Gasteiger partial charge in [-0.25, -0.2) is 4.79 Å². The van der Waals surface area contributed by atoms with E-state index in [4.69, 9.17) is 5.73 Å². The van der Waals surface area contributed by atoms with Gasteiger partial charge in [-0.15, -0.1) is 0 Å². The molecule has 212 valence electrons. The van der Waals surface area contributed by atoms with Crippen LogP contribution in [-0.2, 0) is 19.2 Å². The highest BCUT2D eigenvalue weighted by Crippen LogP contribution is 2.26. The van der Waals surface area contributed by atoms with Gasteiger partial charge in [-0.2, -0.15) is 0 Å². The van der Waals surface area contributed by atoms with Crippen LogP contribution in [0.1, 0.15) is 73.6 Å². The summed E-state index contributed by atoms with van der Waals surface area (Å²) in [6.45, 7) is 12.5. The molecule has 1 rings (SSSR count). The maximum absolute atomic E-state index is 13.7. The lowest BCUT2D eigenvalue weighted by atomic mass is 9.85. The highest BCUT2D eigenvalue weighted by atomic mass is 16.2. The maximum atomic E-state index is 13.7. The first-order chi connectivity index (χ1) is 17.1. The SMILES string of the molecule is CCCCC(NC(=O)C1CCCN1C(=O)C(NC(=O)NC(CN(C)C)C(C)C)C(C)(C)C)C(=O)C(N)=O. The highest BCUT2D eigenvalue weighted by Gasteiger charge is 2.42. The molecule has 5 N–H and O–H groups in total. The van der Waals surface area contributed by atoms with E-state index in [1.54, 1.807) is 0 Å². The average molecular weight is 525 g/mol. The summed E-state index contributed by atoms with van der Waals surface area (Å²) in [7, 11) is 3.86. The Balaban J connectivity index is 3.04. The second kappa shape index (κ2) is 14.3. The maximum Gasteiger partial charge on any atom is 0.315 e. The number of ketones is 1.